The third kappa shape index (κ3) is 12.9. The monoisotopic (exact) mass is 1850 g/mol. The van der Waals surface area contributed by atoms with Gasteiger partial charge in [0, 0.05) is 40.2 Å². The van der Waals surface area contributed by atoms with Gasteiger partial charge in [0.25, 0.3) is 0 Å². The average molecular weight is 1850 g/mol. The SMILES string of the molecule is CC1(C)c2ccccc2N(c2ccc(C(=C3c4ccccc4-c4ccccc43)C3c4ccccc4-c4ccccc43)cc2)c2ccccc21.c1ccc2c(c1)C(=C(c1ccc(-n3c4ccccc4n4c5ccccc5nc34)cc1)C1c3ccccc3-c3ccccc31)c1ccccc1-2.c1ccc2c(c1)Oc1ccccc1N2c1ccc(C(=C2c3ccccc3-c3ccccc32)C2c3ccccc3-c3ccccc32)cc1. The van der Waals surface area contributed by atoms with E-state index in [1.807, 2.05) is 24.3 Å². The van der Waals surface area contributed by atoms with Crippen molar-refractivity contribution in [2.24, 2.45) is 0 Å². The maximum absolute atomic E-state index is 6.31. The number of benzene rings is 21. The number of aromatic nitrogens is 3. The zero-order chi connectivity index (χ0) is 95.6. The first-order valence-corrected chi connectivity index (χ1v) is 50.5. The third-order valence-electron chi connectivity index (χ3n) is 31.7. The van der Waals surface area contributed by atoms with E-state index in [-0.39, 0.29) is 23.2 Å². The second kappa shape index (κ2) is 33.4. The van der Waals surface area contributed by atoms with Gasteiger partial charge in [0.1, 0.15) is 0 Å². The van der Waals surface area contributed by atoms with Crippen LogP contribution in [0.4, 0.5) is 34.1 Å². The lowest BCUT2D eigenvalue weighted by Crippen LogP contribution is -2.30. The molecule has 680 valence electrons. The van der Waals surface area contributed by atoms with Crippen LogP contribution in [0.25, 0.3) is 134 Å². The molecule has 0 atom stereocenters. The minimum Gasteiger partial charge on any atom is -0.453 e. The van der Waals surface area contributed by atoms with Crippen molar-refractivity contribution in [1.29, 1.82) is 0 Å². The van der Waals surface area contributed by atoms with E-state index in [1.165, 1.54) is 212 Å². The first-order chi connectivity index (χ1) is 71.8. The maximum atomic E-state index is 6.31. The van der Waals surface area contributed by atoms with Crippen LogP contribution in [0.2, 0.25) is 0 Å². The topological polar surface area (TPSA) is 37.9 Å². The van der Waals surface area contributed by atoms with Crippen LogP contribution in [0, 0.1) is 0 Å². The second-order valence-electron chi connectivity index (χ2n) is 39.5. The lowest BCUT2D eigenvalue weighted by atomic mass is 9.73. The molecule has 0 unspecified atom stereocenters. The van der Waals surface area contributed by atoms with E-state index in [4.69, 9.17) is 9.72 Å². The molecule has 2 aliphatic heterocycles. The fourth-order valence-electron chi connectivity index (χ4n) is 25.6. The summed E-state index contributed by atoms with van der Waals surface area (Å²) in [4.78, 5) is 9.89. The molecule has 31 rings (SSSR count). The number of rotatable bonds is 9. The molecule has 0 fully saturated rings. The van der Waals surface area contributed by atoms with Crippen molar-refractivity contribution in [3.63, 3.8) is 0 Å². The van der Waals surface area contributed by atoms with Crippen LogP contribution in [0.1, 0.15) is 126 Å². The Bertz CT molecular complexity index is 9050. The molecule has 21 aromatic carbocycles. The van der Waals surface area contributed by atoms with Crippen molar-refractivity contribution in [2.45, 2.75) is 37.0 Å². The van der Waals surface area contributed by atoms with E-state index in [1.54, 1.807) is 0 Å². The largest absolute Gasteiger partial charge is 0.453 e. The predicted molar refractivity (Wildman–Crippen MR) is 599 cm³/mol. The second-order valence-corrected chi connectivity index (χ2v) is 39.5. The highest BCUT2D eigenvalue weighted by atomic mass is 16.5. The number of anilines is 6. The van der Waals surface area contributed by atoms with Gasteiger partial charge in [0.05, 0.1) is 44.8 Å². The van der Waals surface area contributed by atoms with E-state index >= 15 is 0 Å². The number of imidazole rings is 2. The number of ether oxygens (including phenoxy) is 1. The number of hydrogen-bond donors (Lipinski definition) is 0. The highest BCUT2D eigenvalue weighted by Crippen LogP contribution is 2.63. The summed E-state index contributed by atoms with van der Waals surface area (Å²) in [5.41, 5.74) is 58.4. The molecule has 0 spiro atoms. The minimum atomic E-state index is -0.0896. The summed E-state index contributed by atoms with van der Waals surface area (Å²) in [6.45, 7) is 4.69. The first kappa shape index (κ1) is 83.5. The Balaban J connectivity index is 0.000000103. The molecule has 0 N–H and O–H groups in total. The Morgan fingerprint density at radius 3 is 0.786 bits per heavy atom. The summed E-state index contributed by atoms with van der Waals surface area (Å²) in [5.74, 6) is 2.92. The Kier molecular flexibility index (Phi) is 19.2. The minimum absolute atomic E-state index is 0.0872. The number of allylic oxidation sites excluding steroid dienone is 3. The molecule has 6 nitrogen and oxygen atoms in total. The molecule has 0 amide bonds. The van der Waals surface area contributed by atoms with E-state index < -0.39 is 0 Å². The summed E-state index contributed by atoms with van der Waals surface area (Å²) in [6, 6.07) is 187. The molecule has 0 saturated heterocycles. The number of nitrogens with zero attached hydrogens (tertiary/aromatic N) is 5. The van der Waals surface area contributed by atoms with Crippen LogP contribution >= 0.6 is 0 Å². The highest BCUT2D eigenvalue weighted by molar-refractivity contribution is 6.17. The van der Waals surface area contributed by atoms with Crippen molar-refractivity contribution < 1.29 is 4.74 Å². The molecule has 8 aliphatic rings. The number of hydrogen-bond acceptors (Lipinski definition) is 4. The molecule has 6 heteroatoms. The molecule has 0 saturated carbocycles. The Morgan fingerprint density at radius 1 is 0.214 bits per heavy atom. The fourth-order valence-corrected chi connectivity index (χ4v) is 25.6. The molecule has 23 aromatic rings. The molecule has 6 aliphatic carbocycles. The normalized spacial score (nSPS) is 13.8. The molecule has 145 heavy (non-hydrogen) atoms. The van der Waals surface area contributed by atoms with Gasteiger partial charge in [0.15, 0.2) is 11.5 Å². The first-order valence-electron chi connectivity index (χ1n) is 50.5. The van der Waals surface area contributed by atoms with Crippen LogP contribution in [-0.2, 0) is 5.41 Å². The van der Waals surface area contributed by atoms with Crippen LogP contribution < -0.4 is 14.5 Å². The third-order valence-corrected chi connectivity index (χ3v) is 31.7. The molecular formula is C139H93N5O. The molecule has 0 radical (unpaired) electrons. The zero-order valence-corrected chi connectivity index (χ0v) is 79.9. The summed E-state index contributed by atoms with van der Waals surface area (Å²) in [5, 5.41) is 0. The smallest absolute Gasteiger partial charge is 0.220 e. The zero-order valence-electron chi connectivity index (χ0n) is 79.9. The number of fused-ring (bicyclic) bond motifs is 27. The van der Waals surface area contributed by atoms with E-state index in [2.05, 4.69) is 518 Å². The van der Waals surface area contributed by atoms with Gasteiger partial charge in [-0.3, -0.25) is 8.97 Å². The van der Waals surface area contributed by atoms with Gasteiger partial charge in [-0.1, -0.05) is 426 Å². The lowest BCUT2D eigenvalue weighted by molar-refractivity contribution is 0.477. The van der Waals surface area contributed by atoms with Gasteiger partial charge in [-0.25, -0.2) is 4.98 Å². The quantitative estimate of drug-likeness (QED) is 0.144. The van der Waals surface area contributed by atoms with Gasteiger partial charge in [0.2, 0.25) is 5.78 Å². The van der Waals surface area contributed by atoms with Crippen molar-refractivity contribution in [2.75, 3.05) is 9.80 Å². The van der Waals surface area contributed by atoms with Crippen LogP contribution in [0.5, 0.6) is 11.5 Å². The van der Waals surface area contributed by atoms with Gasteiger partial charge in [-0.15, -0.1) is 0 Å². The van der Waals surface area contributed by atoms with Gasteiger partial charge >= 0.3 is 0 Å². The van der Waals surface area contributed by atoms with E-state index in [9.17, 15) is 0 Å². The fraction of sp³-hybridized carbons (Fsp3) is 0.0432. The number of para-hydroxylation sites is 10. The molecule has 0 bridgehead atoms. The summed E-state index contributed by atoms with van der Waals surface area (Å²) >= 11 is 0. The highest BCUT2D eigenvalue weighted by Gasteiger charge is 2.43. The van der Waals surface area contributed by atoms with Crippen LogP contribution in [0.3, 0.4) is 0 Å². The summed E-state index contributed by atoms with van der Waals surface area (Å²) in [7, 11) is 0. The van der Waals surface area contributed by atoms with E-state index in [0.29, 0.717) is 0 Å². The van der Waals surface area contributed by atoms with Crippen LogP contribution in [-0.4, -0.2) is 14.0 Å². The Morgan fingerprint density at radius 2 is 0.455 bits per heavy atom. The average Bonchev–Trinajstić information content (AvgIpc) is 1.27. The van der Waals surface area contributed by atoms with Crippen LogP contribution in [0.15, 0.2) is 510 Å². The Labute approximate surface area is 843 Å². The summed E-state index contributed by atoms with van der Waals surface area (Å²) in [6.07, 6.45) is 0. The lowest BCUT2D eigenvalue weighted by Gasteiger charge is -2.42. The van der Waals surface area contributed by atoms with Gasteiger partial charge in [-0.05, 0) is 292 Å². The standard InChI is InChI=1S/C48H35N.C46H29N3.C45H29NO/c1-48(2)41-23-11-13-25-43(41)49(44-26-14-12-24-42(44)48)32-29-27-31(28-30-32)45(46-37-19-7-3-15-33(37)34-16-4-8-20-38(34)46)47-39-21-9-5-17-35(39)36-18-6-10-22-40(36)47;1-5-17-35-31(13-1)32-14-2-6-18-36(32)44(35)43(45-37-19-7-3-15-33(37)34-16-4-8-20-38(34)45)29-25-27-30(28-26-29)48-41-23-11-12-24-42(41)49-40-22-10-9-21-39(40)47-46(48)49;1-5-17-35-31(13-1)32-14-2-6-18-36(32)44(35)43(45-37-19-7-3-15-33(37)34-16-4-8-20-38(34)45)29-25-27-30(28-26-29)46-39-21-9-11-23-41(39)47-42-24-12-10-22-40(42)46/h3-30,46H,1-2H3;1-28,44H;1-28,44H. The van der Waals surface area contributed by atoms with Crippen molar-refractivity contribution in [3.05, 3.63) is 604 Å². The molecular weight excluding hydrogens is 1760 g/mol. The van der Waals surface area contributed by atoms with Crippen molar-refractivity contribution in [3.8, 4) is 83.9 Å². The van der Waals surface area contributed by atoms with Crippen molar-refractivity contribution >= 4 is 95.4 Å². The Hall–Kier alpha value is -18.5. The molecule has 4 heterocycles. The predicted octanol–water partition coefficient (Wildman–Crippen LogP) is 35.7. The van der Waals surface area contributed by atoms with Crippen molar-refractivity contribution in [1.82, 2.24) is 14.0 Å². The molecule has 2 aromatic heterocycles. The van der Waals surface area contributed by atoms with Gasteiger partial charge in [-0.2, -0.15) is 0 Å². The summed E-state index contributed by atoms with van der Waals surface area (Å²) < 4.78 is 10.9. The van der Waals surface area contributed by atoms with Gasteiger partial charge < -0.3 is 14.5 Å². The maximum Gasteiger partial charge on any atom is 0.220 e. The van der Waals surface area contributed by atoms with E-state index in [0.717, 1.165) is 62.1 Å².